The van der Waals surface area contributed by atoms with Gasteiger partial charge in [0.05, 0.1) is 23.3 Å². The van der Waals surface area contributed by atoms with Gasteiger partial charge in [0.1, 0.15) is 11.5 Å². The molecule has 4 heteroatoms. The van der Waals surface area contributed by atoms with Gasteiger partial charge in [-0.1, -0.05) is 49.2 Å². The van der Waals surface area contributed by atoms with E-state index in [-0.39, 0.29) is 0 Å². The van der Waals surface area contributed by atoms with E-state index in [0.29, 0.717) is 34.8 Å². The lowest BCUT2D eigenvalue weighted by atomic mass is 9.94. The van der Waals surface area contributed by atoms with E-state index in [1.54, 1.807) is 0 Å². The quantitative estimate of drug-likeness (QED) is 0.532. The lowest BCUT2D eigenvalue weighted by molar-refractivity contribution is 0.314. The Morgan fingerprint density at radius 2 is 1.08 bits per heavy atom. The largest absolute Gasteiger partial charge is 0.491 e. The van der Waals surface area contributed by atoms with Crippen molar-refractivity contribution in [3.05, 3.63) is 45.4 Å². The summed E-state index contributed by atoms with van der Waals surface area (Å²) in [4.78, 5) is 0. The van der Waals surface area contributed by atoms with Gasteiger partial charge in [0.2, 0.25) is 0 Å². The van der Waals surface area contributed by atoms with Gasteiger partial charge in [-0.25, -0.2) is 0 Å². The first-order chi connectivity index (χ1) is 11.5. The second kappa shape index (κ2) is 8.64. The van der Waals surface area contributed by atoms with E-state index >= 15 is 0 Å². The zero-order chi connectivity index (χ0) is 17.7. The molecule has 0 spiro atoms. The van der Waals surface area contributed by atoms with Crippen LogP contribution in [0.3, 0.4) is 0 Å². The molecule has 0 aliphatic rings. The van der Waals surface area contributed by atoms with E-state index in [1.807, 2.05) is 24.3 Å². The van der Waals surface area contributed by atoms with E-state index in [0.717, 1.165) is 35.1 Å². The highest BCUT2D eigenvalue weighted by Gasteiger charge is 2.21. The summed E-state index contributed by atoms with van der Waals surface area (Å²) < 4.78 is 12.0. The maximum Gasteiger partial charge on any atom is 0.146 e. The average molecular weight is 367 g/mol. The Balaban J connectivity index is 2.71. The van der Waals surface area contributed by atoms with E-state index in [4.69, 9.17) is 32.7 Å². The fourth-order valence-electron chi connectivity index (χ4n) is 2.62. The van der Waals surface area contributed by atoms with Gasteiger partial charge in [0.25, 0.3) is 0 Å². The zero-order valence-corrected chi connectivity index (χ0v) is 16.2. The van der Waals surface area contributed by atoms with Crippen LogP contribution in [-0.2, 0) is 0 Å². The molecule has 0 radical (unpaired) electrons. The molecule has 0 atom stereocenters. The minimum absolute atomic E-state index is 0.602. The van der Waals surface area contributed by atoms with E-state index in [1.165, 1.54) is 0 Å². The highest BCUT2D eigenvalue weighted by atomic mass is 35.5. The van der Waals surface area contributed by atoms with Gasteiger partial charge < -0.3 is 9.47 Å². The Kier molecular flexibility index (Phi) is 6.82. The minimum Gasteiger partial charge on any atom is -0.491 e. The molecule has 0 heterocycles. The standard InChI is InChI=1S/C20H24Cl2O2/c1-5-11-23-19-15(21)9-7-13(3)17(19)18-14(4)8-10-16(22)20(18)24-12-6-2/h7-10H,5-6,11-12H2,1-4H3. The lowest BCUT2D eigenvalue weighted by Gasteiger charge is -2.21. The van der Waals surface area contributed by atoms with Crippen molar-refractivity contribution in [2.45, 2.75) is 40.5 Å². The molecule has 0 saturated heterocycles. The van der Waals surface area contributed by atoms with Gasteiger partial charge >= 0.3 is 0 Å². The van der Waals surface area contributed by atoms with Crippen LogP contribution in [0.25, 0.3) is 11.1 Å². The number of aryl methyl sites for hydroxylation is 2. The van der Waals surface area contributed by atoms with E-state index in [9.17, 15) is 0 Å². The predicted molar refractivity (Wildman–Crippen MR) is 103 cm³/mol. The Labute approximate surface area is 154 Å². The van der Waals surface area contributed by atoms with E-state index < -0.39 is 0 Å². The minimum atomic E-state index is 0.602. The maximum atomic E-state index is 6.44. The molecular weight excluding hydrogens is 343 g/mol. The summed E-state index contributed by atoms with van der Waals surface area (Å²) in [5, 5.41) is 1.20. The third-order valence-corrected chi connectivity index (χ3v) is 4.38. The van der Waals surface area contributed by atoms with Crippen LogP contribution in [0, 0.1) is 13.8 Å². The van der Waals surface area contributed by atoms with Crippen molar-refractivity contribution in [2.24, 2.45) is 0 Å². The molecule has 2 rings (SSSR count). The van der Waals surface area contributed by atoms with Gasteiger partial charge in [0.15, 0.2) is 0 Å². The molecule has 0 aliphatic carbocycles. The van der Waals surface area contributed by atoms with Crippen molar-refractivity contribution in [3.8, 4) is 22.6 Å². The van der Waals surface area contributed by atoms with Crippen LogP contribution >= 0.6 is 23.2 Å². The first kappa shape index (κ1) is 19.0. The summed E-state index contributed by atoms with van der Waals surface area (Å²) >= 11 is 12.9. The second-order valence-electron chi connectivity index (χ2n) is 5.83. The monoisotopic (exact) mass is 366 g/mol. The third kappa shape index (κ3) is 3.99. The van der Waals surface area contributed by atoms with Crippen LogP contribution in [0.4, 0.5) is 0 Å². The molecule has 0 saturated carbocycles. The molecule has 24 heavy (non-hydrogen) atoms. The molecule has 0 bridgehead atoms. The fourth-order valence-corrected chi connectivity index (χ4v) is 3.05. The average Bonchev–Trinajstić information content (AvgIpc) is 2.57. The predicted octanol–water partition coefficient (Wildman–Crippen LogP) is 6.85. The highest BCUT2D eigenvalue weighted by molar-refractivity contribution is 6.33. The highest BCUT2D eigenvalue weighted by Crippen LogP contribution is 2.46. The number of benzene rings is 2. The summed E-state index contributed by atoms with van der Waals surface area (Å²) in [6.07, 6.45) is 1.83. The summed E-state index contributed by atoms with van der Waals surface area (Å²) in [7, 11) is 0. The van der Waals surface area contributed by atoms with Crippen LogP contribution in [0.15, 0.2) is 24.3 Å². The number of hydrogen-bond acceptors (Lipinski definition) is 2. The number of hydrogen-bond donors (Lipinski definition) is 0. The van der Waals surface area contributed by atoms with Crippen molar-refractivity contribution >= 4 is 23.2 Å². The van der Waals surface area contributed by atoms with Crippen LogP contribution in [0.1, 0.15) is 37.8 Å². The van der Waals surface area contributed by atoms with Crippen LogP contribution in [0.2, 0.25) is 10.0 Å². The summed E-state index contributed by atoms with van der Waals surface area (Å²) in [5.74, 6) is 1.40. The van der Waals surface area contributed by atoms with Gasteiger partial charge in [-0.05, 0) is 49.9 Å². The normalized spacial score (nSPS) is 10.8. The van der Waals surface area contributed by atoms with Crippen molar-refractivity contribution in [1.82, 2.24) is 0 Å². The lowest BCUT2D eigenvalue weighted by Crippen LogP contribution is -2.03. The molecule has 0 N–H and O–H groups in total. The first-order valence-electron chi connectivity index (χ1n) is 8.35. The smallest absolute Gasteiger partial charge is 0.146 e. The molecule has 0 amide bonds. The molecule has 0 fully saturated rings. The van der Waals surface area contributed by atoms with E-state index in [2.05, 4.69) is 27.7 Å². The Bertz CT molecular complexity index is 650. The van der Waals surface area contributed by atoms with Gasteiger partial charge in [-0.15, -0.1) is 0 Å². The molecule has 0 aromatic heterocycles. The number of rotatable bonds is 7. The molecule has 2 nitrogen and oxygen atoms in total. The Hall–Kier alpha value is -1.38. The third-order valence-electron chi connectivity index (χ3n) is 3.79. The van der Waals surface area contributed by atoms with Crippen LogP contribution in [-0.4, -0.2) is 13.2 Å². The van der Waals surface area contributed by atoms with Crippen LogP contribution < -0.4 is 9.47 Å². The summed E-state index contributed by atoms with van der Waals surface area (Å²) in [5.41, 5.74) is 4.08. The molecule has 0 aliphatic heterocycles. The van der Waals surface area contributed by atoms with Gasteiger partial charge in [0, 0.05) is 11.1 Å². The number of ether oxygens (including phenoxy) is 2. The first-order valence-corrected chi connectivity index (χ1v) is 9.11. The van der Waals surface area contributed by atoms with Crippen LogP contribution in [0.5, 0.6) is 11.5 Å². The van der Waals surface area contributed by atoms with Crippen molar-refractivity contribution in [1.29, 1.82) is 0 Å². The van der Waals surface area contributed by atoms with Gasteiger partial charge in [-0.2, -0.15) is 0 Å². The van der Waals surface area contributed by atoms with Crippen molar-refractivity contribution in [3.63, 3.8) is 0 Å². The van der Waals surface area contributed by atoms with Crippen molar-refractivity contribution < 1.29 is 9.47 Å². The zero-order valence-electron chi connectivity index (χ0n) is 14.7. The Morgan fingerprint density at radius 3 is 1.42 bits per heavy atom. The molecule has 2 aromatic carbocycles. The SMILES string of the molecule is CCCOc1c(Cl)ccc(C)c1-c1c(C)ccc(Cl)c1OCCC. The van der Waals surface area contributed by atoms with Crippen molar-refractivity contribution in [2.75, 3.05) is 13.2 Å². The fraction of sp³-hybridized carbons (Fsp3) is 0.400. The summed E-state index contributed by atoms with van der Waals surface area (Å²) in [6, 6.07) is 7.75. The topological polar surface area (TPSA) is 18.5 Å². The maximum absolute atomic E-state index is 6.44. The molecular formula is C20H24Cl2O2. The Morgan fingerprint density at radius 1 is 0.708 bits per heavy atom. The molecule has 130 valence electrons. The second-order valence-corrected chi connectivity index (χ2v) is 6.65. The number of halogens is 2. The van der Waals surface area contributed by atoms with Gasteiger partial charge in [-0.3, -0.25) is 0 Å². The molecule has 0 unspecified atom stereocenters. The summed E-state index contributed by atoms with van der Waals surface area (Å²) in [6.45, 7) is 9.47. The molecule has 2 aromatic rings.